The Bertz CT molecular complexity index is 1170. The molecule has 1 unspecified atom stereocenters. The van der Waals surface area contributed by atoms with E-state index in [1.165, 1.54) is 23.3 Å². The predicted molar refractivity (Wildman–Crippen MR) is 148 cm³/mol. The van der Waals surface area contributed by atoms with Gasteiger partial charge in [-0.05, 0) is 78.4 Å². The van der Waals surface area contributed by atoms with Crippen LogP contribution in [0.1, 0.15) is 65.0 Å². The van der Waals surface area contributed by atoms with Crippen molar-refractivity contribution >= 4 is 34.2 Å². The molecule has 5 nitrogen and oxygen atoms in total. The van der Waals surface area contributed by atoms with Crippen LogP contribution in [0.5, 0.6) is 5.75 Å². The number of carbonyl (C=O) groups is 1. The number of thiophene rings is 1. The zero-order valence-corrected chi connectivity index (χ0v) is 22.1. The van der Waals surface area contributed by atoms with Gasteiger partial charge in [-0.2, -0.15) is 0 Å². The Morgan fingerprint density at radius 2 is 1.78 bits per heavy atom. The highest BCUT2D eigenvalue weighted by molar-refractivity contribution is 8.14. The number of aliphatic imine (C=N–C) groups is 1. The number of benzene rings is 2. The van der Waals surface area contributed by atoms with Crippen LogP contribution in [0.15, 0.2) is 71.0 Å². The van der Waals surface area contributed by atoms with Gasteiger partial charge in [0.05, 0.1) is 24.3 Å². The molecule has 1 saturated carbocycles. The van der Waals surface area contributed by atoms with E-state index in [9.17, 15) is 9.90 Å². The molecule has 1 aromatic heterocycles. The zero-order valence-electron chi connectivity index (χ0n) is 20.5. The molecule has 1 atom stereocenters. The molecule has 7 heteroatoms. The minimum atomic E-state index is -0.902. The average Bonchev–Trinajstić information content (AvgIpc) is 3.59. The van der Waals surface area contributed by atoms with E-state index < -0.39 is 5.97 Å². The van der Waals surface area contributed by atoms with Crippen molar-refractivity contribution < 1.29 is 14.6 Å². The van der Waals surface area contributed by atoms with Crippen LogP contribution in [0.2, 0.25) is 0 Å². The van der Waals surface area contributed by atoms with E-state index in [2.05, 4.69) is 53.6 Å². The third-order valence-electron chi connectivity index (χ3n) is 6.94. The number of hydrogen-bond acceptors (Lipinski definition) is 6. The van der Waals surface area contributed by atoms with E-state index in [-0.39, 0.29) is 6.04 Å². The molecule has 0 saturated heterocycles. The second-order valence-corrected chi connectivity index (χ2v) is 11.8. The van der Waals surface area contributed by atoms with Crippen molar-refractivity contribution in [1.82, 2.24) is 4.90 Å². The maximum absolute atomic E-state index is 11.2. The normalized spacial score (nSPS) is 21.7. The summed E-state index contributed by atoms with van der Waals surface area (Å²) in [7, 11) is 0. The number of ether oxygens (including phenoxy) is 1. The molecule has 1 N–H and O–H groups in total. The molecule has 1 fully saturated rings. The Hall–Kier alpha value is -2.77. The number of amidine groups is 1. The summed E-state index contributed by atoms with van der Waals surface area (Å²) in [5, 5.41) is 12.3. The number of carboxylic acid groups (broad SMARTS) is 1. The molecule has 0 radical (unpaired) electrons. The van der Waals surface area contributed by atoms with Gasteiger partial charge in [-0.3, -0.25) is 4.99 Å². The van der Waals surface area contributed by atoms with Gasteiger partial charge in [0.25, 0.3) is 0 Å². The van der Waals surface area contributed by atoms with Gasteiger partial charge in [0, 0.05) is 17.2 Å². The first-order valence-corrected chi connectivity index (χ1v) is 14.5. The van der Waals surface area contributed by atoms with E-state index in [0.29, 0.717) is 18.2 Å². The van der Waals surface area contributed by atoms with Crippen LogP contribution in [0.25, 0.3) is 0 Å². The van der Waals surface area contributed by atoms with Crippen molar-refractivity contribution in [3.8, 4) is 5.75 Å². The van der Waals surface area contributed by atoms with Crippen LogP contribution in [-0.4, -0.2) is 33.0 Å². The summed E-state index contributed by atoms with van der Waals surface area (Å²) in [4.78, 5) is 19.9. The maximum Gasteiger partial charge on any atom is 0.335 e. The molecule has 2 heterocycles. The Kier molecular flexibility index (Phi) is 7.97. The summed E-state index contributed by atoms with van der Waals surface area (Å²) in [5.74, 6) is 1.79. The van der Waals surface area contributed by atoms with Crippen molar-refractivity contribution in [2.45, 2.75) is 57.8 Å². The summed E-state index contributed by atoms with van der Waals surface area (Å²) in [5.41, 5.74) is 2.59. The average molecular weight is 521 g/mol. The molecule has 5 rings (SSSR count). The van der Waals surface area contributed by atoms with E-state index in [4.69, 9.17) is 9.73 Å². The van der Waals surface area contributed by atoms with E-state index >= 15 is 0 Å². The SMILES string of the molecule is CC1CCC(Oc2ccc(C3CSC(N(Cc4ccc(C(=O)O)cc4)Cc4cccs4)=N3)cc2)CC1. The molecule has 2 aliphatic rings. The largest absolute Gasteiger partial charge is 0.490 e. The fourth-order valence-electron chi connectivity index (χ4n) is 4.77. The second-order valence-electron chi connectivity index (χ2n) is 9.74. The summed E-state index contributed by atoms with van der Waals surface area (Å²) >= 11 is 3.53. The van der Waals surface area contributed by atoms with E-state index in [0.717, 1.165) is 47.5 Å². The standard InChI is InChI=1S/C29H32N2O3S2/c1-20-4-12-24(13-5-20)34-25-14-10-22(11-15-25)27-19-36-29(30-27)31(18-26-3-2-16-35-26)17-21-6-8-23(9-7-21)28(32)33/h2-3,6-11,14-16,20,24,27H,4-5,12-13,17-19H2,1H3,(H,32,33). The van der Waals surface area contributed by atoms with Gasteiger partial charge >= 0.3 is 5.97 Å². The fourth-order valence-corrected chi connectivity index (χ4v) is 6.58. The van der Waals surface area contributed by atoms with Gasteiger partial charge in [0.2, 0.25) is 0 Å². The summed E-state index contributed by atoms with van der Waals surface area (Å²) < 4.78 is 6.24. The third kappa shape index (κ3) is 6.31. The monoisotopic (exact) mass is 520 g/mol. The number of nitrogens with zero attached hydrogens (tertiary/aromatic N) is 2. The second kappa shape index (κ2) is 11.5. The van der Waals surface area contributed by atoms with Crippen LogP contribution in [0.4, 0.5) is 0 Å². The number of rotatable bonds is 8. The van der Waals surface area contributed by atoms with Gasteiger partial charge < -0.3 is 14.7 Å². The van der Waals surface area contributed by atoms with E-state index in [1.54, 1.807) is 35.2 Å². The van der Waals surface area contributed by atoms with Gasteiger partial charge in [-0.15, -0.1) is 11.3 Å². The Balaban J connectivity index is 1.27. The smallest absolute Gasteiger partial charge is 0.335 e. The van der Waals surface area contributed by atoms with Crippen LogP contribution in [-0.2, 0) is 13.1 Å². The van der Waals surface area contributed by atoms with Crippen molar-refractivity contribution in [3.05, 3.63) is 87.6 Å². The molecular formula is C29H32N2O3S2. The minimum absolute atomic E-state index is 0.120. The lowest BCUT2D eigenvalue weighted by molar-refractivity contribution is 0.0697. The molecule has 188 valence electrons. The van der Waals surface area contributed by atoms with Crippen LogP contribution < -0.4 is 4.74 Å². The summed E-state index contributed by atoms with van der Waals surface area (Å²) in [6.07, 6.45) is 5.15. The maximum atomic E-state index is 11.2. The molecule has 36 heavy (non-hydrogen) atoms. The first kappa shape index (κ1) is 24.9. The number of carboxylic acids is 1. The number of aromatic carboxylic acids is 1. The third-order valence-corrected chi connectivity index (χ3v) is 8.90. The van der Waals surface area contributed by atoms with Gasteiger partial charge in [0.1, 0.15) is 5.75 Å². The van der Waals surface area contributed by atoms with Crippen LogP contribution in [0, 0.1) is 5.92 Å². The molecule has 1 aliphatic heterocycles. The molecule has 0 bridgehead atoms. The highest BCUT2D eigenvalue weighted by Gasteiger charge is 2.25. The molecule has 0 amide bonds. The van der Waals surface area contributed by atoms with Crippen molar-refractivity contribution in [2.24, 2.45) is 10.9 Å². The Labute approximate surface area is 221 Å². The van der Waals surface area contributed by atoms with Crippen LogP contribution >= 0.6 is 23.1 Å². The quantitative estimate of drug-likeness (QED) is 0.339. The highest BCUT2D eigenvalue weighted by atomic mass is 32.2. The Morgan fingerprint density at radius 1 is 1.03 bits per heavy atom. The van der Waals surface area contributed by atoms with Crippen molar-refractivity contribution in [3.63, 3.8) is 0 Å². The topological polar surface area (TPSA) is 62.1 Å². The lowest BCUT2D eigenvalue weighted by atomic mass is 9.89. The fraction of sp³-hybridized carbons (Fsp3) is 0.379. The zero-order chi connectivity index (χ0) is 24.9. The molecule has 0 spiro atoms. The number of hydrogen-bond donors (Lipinski definition) is 1. The first-order chi connectivity index (χ1) is 17.5. The summed E-state index contributed by atoms with van der Waals surface area (Å²) in [6, 6.07) is 20.0. The first-order valence-electron chi connectivity index (χ1n) is 12.6. The van der Waals surface area contributed by atoms with Crippen LogP contribution in [0.3, 0.4) is 0 Å². The molecular weight excluding hydrogens is 488 g/mol. The molecule has 1 aliphatic carbocycles. The number of thioether (sulfide) groups is 1. The lowest BCUT2D eigenvalue weighted by Crippen LogP contribution is -2.26. The minimum Gasteiger partial charge on any atom is -0.490 e. The lowest BCUT2D eigenvalue weighted by Gasteiger charge is -2.27. The van der Waals surface area contributed by atoms with E-state index in [1.807, 2.05) is 12.1 Å². The van der Waals surface area contributed by atoms with Crippen molar-refractivity contribution in [1.29, 1.82) is 0 Å². The molecule has 3 aromatic rings. The van der Waals surface area contributed by atoms with Gasteiger partial charge in [-0.25, -0.2) is 4.79 Å². The van der Waals surface area contributed by atoms with Gasteiger partial charge in [-0.1, -0.05) is 49.0 Å². The predicted octanol–water partition coefficient (Wildman–Crippen LogP) is 7.25. The molecule has 2 aromatic carbocycles. The Morgan fingerprint density at radius 3 is 2.44 bits per heavy atom. The van der Waals surface area contributed by atoms with Gasteiger partial charge in [0.15, 0.2) is 5.17 Å². The van der Waals surface area contributed by atoms with Crippen molar-refractivity contribution in [2.75, 3.05) is 5.75 Å². The highest BCUT2D eigenvalue weighted by Crippen LogP contribution is 2.34. The summed E-state index contributed by atoms with van der Waals surface area (Å²) in [6.45, 7) is 3.79.